The van der Waals surface area contributed by atoms with Crippen LogP contribution in [0.5, 0.6) is 0 Å². The Labute approximate surface area is 139 Å². The Hall–Kier alpha value is -1.56. The van der Waals surface area contributed by atoms with Gasteiger partial charge in [-0.25, -0.2) is 4.79 Å². The molecule has 23 heavy (non-hydrogen) atoms. The van der Waals surface area contributed by atoms with Gasteiger partial charge in [-0.1, -0.05) is 0 Å². The highest BCUT2D eigenvalue weighted by Gasteiger charge is 2.29. The van der Waals surface area contributed by atoms with Crippen LogP contribution in [0.25, 0.3) is 0 Å². The molecule has 1 N–H and O–H groups in total. The SMILES string of the molecule is CN(C(=O)OC(C)(C)C)C1CCC(NCc2cnn(C)c2)CC1. The van der Waals surface area contributed by atoms with E-state index < -0.39 is 5.60 Å². The fraction of sp³-hybridized carbons (Fsp3) is 0.765. The van der Waals surface area contributed by atoms with Crippen molar-refractivity contribution in [2.45, 2.75) is 70.7 Å². The van der Waals surface area contributed by atoms with Crippen LogP contribution >= 0.6 is 0 Å². The molecular weight excluding hydrogens is 292 g/mol. The first-order chi connectivity index (χ1) is 10.7. The van der Waals surface area contributed by atoms with E-state index in [2.05, 4.69) is 10.4 Å². The van der Waals surface area contributed by atoms with E-state index in [0.717, 1.165) is 32.2 Å². The maximum Gasteiger partial charge on any atom is 0.410 e. The first-order valence-electron chi connectivity index (χ1n) is 8.41. The van der Waals surface area contributed by atoms with Crippen LogP contribution in [0.2, 0.25) is 0 Å². The van der Waals surface area contributed by atoms with E-state index in [4.69, 9.17) is 4.74 Å². The molecule has 1 aliphatic rings. The van der Waals surface area contributed by atoms with Gasteiger partial charge in [0, 0.05) is 44.5 Å². The maximum absolute atomic E-state index is 12.1. The predicted molar refractivity (Wildman–Crippen MR) is 90.1 cm³/mol. The molecule has 1 heterocycles. The van der Waals surface area contributed by atoms with Crippen LogP contribution < -0.4 is 5.32 Å². The zero-order valence-electron chi connectivity index (χ0n) is 15.0. The van der Waals surface area contributed by atoms with E-state index in [0.29, 0.717) is 6.04 Å². The molecule has 0 unspecified atom stereocenters. The molecule has 1 aromatic heterocycles. The molecule has 130 valence electrons. The minimum Gasteiger partial charge on any atom is -0.444 e. The highest BCUT2D eigenvalue weighted by Crippen LogP contribution is 2.24. The van der Waals surface area contributed by atoms with Crippen molar-refractivity contribution in [2.75, 3.05) is 7.05 Å². The lowest BCUT2D eigenvalue weighted by atomic mass is 9.90. The smallest absolute Gasteiger partial charge is 0.410 e. The number of hydrogen-bond acceptors (Lipinski definition) is 4. The van der Waals surface area contributed by atoms with Gasteiger partial charge >= 0.3 is 6.09 Å². The van der Waals surface area contributed by atoms with E-state index in [1.54, 1.807) is 4.90 Å². The normalized spacial score (nSPS) is 22.0. The molecule has 1 aliphatic carbocycles. The summed E-state index contributed by atoms with van der Waals surface area (Å²) in [5.74, 6) is 0. The van der Waals surface area contributed by atoms with Crippen molar-refractivity contribution in [3.05, 3.63) is 18.0 Å². The van der Waals surface area contributed by atoms with Crippen molar-refractivity contribution < 1.29 is 9.53 Å². The van der Waals surface area contributed by atoms with Crippen LogP contribution in [0.15, 0.2) is 12.4 Å². The second kappa shape index (κ2) is 7.34. The molecule has 1 fully saturated rings. The molecule has 0 radical (unpaired) electrons. The minimum absolute atomic E-state index is 0.218. The Morgan fingerprint density at radius 2 is 2.04 bits per heavy atom. The number of rotatable bonds is 4. The van der Waals surface area contributed by atoms with E-state index in [-0.39, 0.29) is 12.1 Å². The molecule has 0 spiro atoms. The standard InChI is InChI=1S/C17H30N4O2/c1-17(2,3)23-16(22)21(5)15-8-6-14(7-9-15)18-10-13-11-19-20(4)12-13/h11-12,14-15,18H,6-10H2,1-5H3. The van der Waals surface area contributed by atoms with Crippen LogP contribution in [-0.4, -0.2) is 45.5 Å². The van der Waals surface area contributed by atoms with Crippen molar-refractivity contribution in [1.82, 2.24) is 20.0 Å². The summed E-state index contributed by atoms with van der Waals surface area (Å²) in [6, 6.07) is 0.791. The average molecular weight is 322 g/mol. The maximum atomic E-state index is 12.1. The summed E-state index contributed by atoms with van der Waals surface area (Å²) in [4.78, 5) is 13.9. The molecule has 0 aliphatic heterocycles. The van der Waals surface area contributed by atoms with Gasteiger partial charge < -0.3 is 15.0 Å². The summed E-state index contributed by atoms with van der Waals surface area (Å²) in [6.45, 7) is 6.55. The highest BCUT2D eigenvalue weighted by atomic mass is 16.6. The lowest BCUT2D eigenvalue weighted by Gasteiger charge is -2.35. The topological polar surface area (TPSA) is 59.4 Å². The predicted octanol–water partition coefficient (Wildman–Crippen LogP) is 2.69. The Balaban J connectivity index is 1.73. The number of aromatic nitrogens is 2. The number of amides is 1. The minimum atomic E-state index is -0.437. The van der Waals surface area contributed by atoms with Crippen molar-refractivity contribution >= 4 is 6.09 Å². The number of carbonyl (C=O) groups excluding carboxylic acids is 1. The molecule has 0 saturated heterocycles. The van der Waals surface area contributed by atoms with Gasteiger partial charge in [0.2, 0.25) is 0 Å². The summed E-state index contributed by atoms with van der Waals surface area (Å²) in [6.07, 6.45) is 7.91. The Bertz CT molecular complexity index is 513. The molecule has 0 bridgehead atoms. The summed E-state index contributed by atoms with van der Waals surface area (Å²) in [5.41, 5.74) is 0.772. The zero-order valence-corrected chi connectivity index (χ0v) is 15.0. The van der Waals surface area contributed by atoms with Gasteiger partial charge in [-0.2, -0.15) is 5.10 Å². The lowest BCUT2D eigenvalue weighted by molar-refractivity contribution is 0.0179. The zero-order chi connectivity index (χ0) is 17.0. The van der Waals surface area contributed by atoms with Crippen molar-refractivity contribution in [2.24, 2.45) is 7.05 Å². The number of carbonyl (C=O) groups is 1. The van der Waals surface area contributed by atoms with Crippen LogP contribution in [0, 0.1) is 0 Å². The van der Waals surface area contributed by atoms with Gasteiger partial charge in [-0.15, -0.1) is 0 Å². The molecule has 1 aromatic rings. The fourth-order valence-corrected chi connectivity index (χ4v) is 2.98. The molecule has 0 atom stereocenters. The second-order valence-corrected chi connectivity index (χ2v) is 7.50. The van der Waals surface area contributed by atoms with Crippen molar-refractivity contribution in [3.8, 4) is 0 Å². The van der Waals surface area contributed by atoms with E-state index in [1.807, 2.05) is 51.9 Å². The van der Waals surface area contributed by atoms with E-state index in [1.165, 1.54) is 5.56 Å². The van der Waals surface area contributed by atoms with Crippen molar-refractivity contribution in [1.29, 1.82) is 0 Å². The fourth-order valence-electron chi connectivity index (χ4n) is 2.98. The van der Waals surface area contributed by atoms with E-state index in [9.17, 15) is 4.79 Å². The summed E-state index contributed by atoms with van der Waals surface area (Å²) < 4.78 is 7.27. The molecule has 6 nitrogen and oxygen atoms in total. The Morgan fingerprint density at radius 3 is 2.57 bits per heavy atom. The number of hydrogen-bond donors (Lipinski definition) is 1. The Kier molecular flexibility index (Phi) is 5.68. The number of nitrogens with zero attached hydrogens (tertiary/aromatic N) is 3. The number of nitrogens with one attached hydrogen (secondary N) is 1. The lowest BCUT2D eigenvalue weighted by Crippen LogP contribution is -2.44. The van der Waals surface area contributed by atoms with Gasteiger partial charge in [-0.3, -0.25) is 4.68 Å². The molecule has 1 saturated carbocycles. The third kappa shape index (κ3) is 5.53. The molecule has 2 rings (SSSR count). The Morgan fingerprint density at radius 1 is 1.39 bits per heavy atom. The third-order valence-corrected chi connectivity index (χ3v) is 4.28. The van der Waals surface area contributed by atoms with Crippen LogP contribution in [0.4, 0.5) is 4.79 Å². The largest absolute Gasteiger partial charge is 0.444 e. The number of aryl methyl sites for hydroxylation is 1. The van der Waals surface area contributed by atoms with Crippen LogP contribution in [0.1, 0.15) is 52.0 Å². The van der Waals surface area contributed by atoms with Gasteiger partial charge in [0.15, 0.2) is 0 Å². The summed E-state index contributed by atoms with van der Waals surface area (Å²) in [5, 5.41) is 7.77. The quantitative estimate of drug-likeness (QED) is 0.926. The van der Waals surface area contributed by atoms with E-state index >= 15 is 0 Å². The van der Waals surface area contributed by atoms with Gasteiger partial charge in [-0.05, 0) is 46.5 Å². The second-order valence-electron chi connectivity index (χ2n) is 7.50. The molecular formula is C17H30N4O2. The van der Waals surface area contributed by atoms with Gasteiger partial charge in [0.05, 0.1) is 6.20 Å². The summed E-state index contributed by atoms with van der Waals surface area (Å²) >= 11 is 0. The molecule has 1 amide bonds. The van der Waals surface area contributed by atoms with Crippen LogP contribution in [0.3, 0.4) is 0 Å². The monoisotopic (exact) mass is 322 g/mol. The first kappa shape index (κ1) is 17.8. The molecule has 0 aromatic carbocycles. The van der Waals surface area contributed by atoms with Crippen molar-refractivity contribution in [3.63, 3.8) is 0 Å². The van der Waals surface area contributed by atoms with Gasteiger partial charge in [0.1, 0.15) is 5.60 Å². The number of ether oxygens (including phenoxy) is 1. The van der Waals surface area contributed by atoms with Gasteiger partial charge in [0.25, 0.3) is 0 Å². The van der Waals surface area contributed by atoms with Crippen LogP contribution in [-0.2, 0) is 18.3 Å². The third-order valence-electron chi connectivity index (χ3n) is 4.28. The first-order valence-corrected chi connectivity index (χ1v) is 8.41. The summed E-state index contributed by atoms with van der Waals surface area (Å²) in [7, 11) is 3.78. The highest BCUT2D eigenvalue weighted by molar-refractivity contribution is 5.68. The average Bonchev–Trinajstić information content (AvgIpc) is 2.89. The molecule has 6 heteroatoms.